The van der Waals surface area contributed by atoms with Crippen LogP contribution in [0.4, 0.5) is 0 Å². The van der Waals surface area contributed by atoms with Crippen LogP contribution in [0.2, 0.25) is 0 Å². The van der Waals surface area contributed by atoms with Crippen molar-refractivity contribution in [2.45, 2.75) is 34.6 Å². The Morgan fingerprint density at radius 3 is 2.37 bits per heavy atom. The molecule has 0 amide bonds. The van der Waals surface area contributed by atoms with E-state index in [2.05, 4.69) is 76.8 Å². The van der Waals surface area contributed by atoms with Gasteiger partial charge in [0.05, 0.1) is 0 Å². The summed E-state index contributed by atoms with van der Waals surface area (Å²) in [6.07, 6.45) is 6.37. The predicted molar refractivity (Wildman–Crippen MR) is 87.1 cm³/mol. The van der Waals surface area contributed by atoms with Gasteiger partial charge in [-0.15, -0.1) is 0 Å². The van der Waals surface area contributed by atoms with Gasteiger partial charge in [0.2, 0.25) is 0 Å². The summed E-state index contributed by atoms with van der Waals surface area (Å²) in [6.45, 7) is 15.3. The van der Waals surface area contributed by atoms with Gasteiger partial charge in [0, 0.05) is 0 Å². The normalized spacial score (nSPS) is 15.5. The standard InChI is InChI=1S/C19H26/c1-7-8-11-14(2)16(4)17(5)18(6)19-13-10-9-12-15(19)3/h7-13,16-17H,6H2,1-5H3. The molecule has 1 rings (SSSR count). The van der Waals surface area contributed by atoms with Crippen LogP contribution >= 0.6 is 0 Å². The van der Waals surface area contributed by atoms with Crippen LogP contribution < -0.4 is 0 Å². The molecule has 0 spiro atoms. The lowest BCUT2D eigenvalue weighted by molar-refractivity contribution is 0.544. The first-order valence-electron chi connectivity index (χ1n) is 7.03. The van der Waals surface area contributed by atoms with E-state index < -0.39 is 0 Å². The first kappa shape index (κ1) is 15.5. The van der Waals surface area contributed by atoms with Crippen molar-refractivity contribution in [1.29, 1.82) is 0 Å². The summed E-state index contributed by atoms with van der Waals surface area (Å²) in [5.74, 6) is 0.950. The molecule has 0 bridgehead atoms. The zero-order chi connectivity index (χ0) is 14.4. The summed E-state index contributed by atoms with van der Waals surface area (Å²) in [7, 11) is 0. The van der Waals surface area contributed by atoms with Crippen LogP contribution in [0.1, 0.15) is 38.8 Å². The summed E-state index contributed by atoms with van der Waals surface area (Å²) in [4.78, 5) is 0. The fourth-order valence-electron chi connectivity index (χ4n) is 2.27. The third-order valence-corrected chi connectivity index (χ3v) is 4.06. The van der Waals surface area contributed by atoms with Crippen LogP contribution in [0.3, 0.4) is 0 Å². The van der Waals surface area contributed by atoms with Gasteiger partial charge in [-0.05, 0) is 49.3 Å². The van der Waals surface area contributed by atoms with Crippen LogP contribution in [0.5, 0.6) is 0 Å². The van der Waals surface area contributed by atoms with E-state index in [1.807, 2.05) is 6.92 Å². The summed E-state index contributed by atoms with van der Waals surface area (Å²) in [5.41, 5.74) is 5.24. The van der Waals surface area contributed by atoms with Gasteiger partial charge in [0.15, 0.2) is 0 Å². The van der Waals surface area contributed by atoms with E-state index in [1.165, 1.54) is 22.3 Å². The lowest BCUT2D eigenvalue weighted by atomic mass is 9.81. The van der Waals surface area contributed by atoms with E-state index in [-0.39, 0.29) is 0 Å². The highest BCUT2D eigenvalue weighted by atomic mass is 14.2. The third kappa shape index (κ3) is 3.96. The number of rotatable bonds is 5. The maximum Gasteiger partial charge on any atom is -0.0127 e. The van der Waals surface area contributed by atoms with Gasteiger partial charge in [-0.2, -0.15) is 0 Å². The molecular weight excluding hydrogens is 228 g/mol. The van der Waals surface area contributed by atoms with Crippen molar-refractivity contribution in [3.8, 4) is 0 Å². The van der Waals surface area contributed by atoms with Crippen molar-refractivity contribution in [2.75, 3.05) is 0 Å². The van der Waals surface area contributed by atoms with E-state index in [0.717, 1.165) is 0 Å². The molecule has 0 aliphatic rings. The zero-order valence-electron chi connectivity index (χ0n) is 12.9. The molecule has 0 saturated heterocycles. The Morgan fingerprint density at radius 1 is 1.16 bits per heavy atom. The molecule has 0 heteroatoms. The molecule has 0 radical (unpaired) electrons. The van der Waals surface area contributed by atoms with Crippen molar-refractivity contribution < 1.29 is 0 Å². The summed E-state index contributed by atoms with van der Waals surface area (Å²) >= 11 is 0. The molecule has 0 saturated carbocycles. The molecule has 1 aromatic carbocycles. The van der Waals surface area contributed by atoms with E-state index in [1.54, 1.807) is 0 Å². The van der Waals surface area contributed by atoms with Gasteiger partial charge in [0.1, 0.15) is 0 Å². The lowest BCUT2D eigenvalue weighted by Gasteiger charge is -2.24. The van der Waals surface area contributed by atoms with E-state index in [0.29, 0.717) is 11.8 Å². The first-order valence-corrected chi connectivity index (χ1v) is 7.03. The number of allylic oxidation sites excluding steroid dienone is 5. The molecule has 0 nitrogen and oxygen atoms in total. The van der Waals surface area contributed by atoms with Crippen LogP contribution in [-0.2, 0) is 0 Å². The van der Waals surface area contributed by atoms with Gasteiger partial charge in [0.25, 0.3) is 0 Å². The minimum atomic E-state index is 0.447. The summed E-state index contributed by atoms with van der Waals surface area (Å²) in [6, 6.07) is 8.50. The second-order valence-corrected chi connectivity index (χ2v) is 5.35. The Bertz CT molecular complexity index is 489. The largest absolute Gasteiger partial charge is 0.0949 e. The van der Waals surface area contributed by atoms with Crippen LogP contribution in [0.15, 0.2) is 54.6 Å². The Kier molecular flexibility index (Phi) is 5.82. The van der Waals surface area contributed by atoms with E-state index in [9.17, 15) is 0 Å². The quantitative estimate of drug-likeness (QED) is 0.582. The fraction of sp³-hybridized carbons (Fsp3) is 0.368. The van der Waals surface area contributed by atoms with Crippen molar-refractivity contribution in [1.82, 2.24) is 0 Å². The fourth-order valence-corrected chi connectivity index (χ4v) is 2.27. The SMILES string of the molecule is C=C(c1ccccc1C)C(C)C(C)C(C)=CC=CC. The number of benzene rings is 1. The van der Waals surface area contributed by atoms with E-state index in [4.69, 9.17) is 0 Å². The molecule has 2 unspecified atom stereocenters. The van der Waals surface area contributed by atoms with Gasteiger partial charge < -0.3 is 0 Å². The second-order valence-electron chi connectivity index (χ2n) is 5.35. The summed E-state index contributed by atoms with van der Waals surface area (Å²) in [5, 5.41) is 0. The molecule has 0 aliphatic heterocycles. The molecule has 0 heterocycles. The first-order chi connectivity index (χ1) is 8.99. The highest BCUT2D eigenvalue weighted by Crippen LogP contribution is 2.32. The maximum atomic E-state index is 4.32. The molecule has 0 aromatic heterocycles. The lowest BCUT2D eigenvalue weighted by Crippen LogP contribution is -2.11. The average Bonchev–Trinajstić information content (AvgIpc) is 2.42. The molecule has 0 N–H and O–H groups in total. The maximum absolute atomic E-state index is 4.32. The number of aryl methyl sites for hydroxylation is 1. The smallest absolute Gasteiger partial charge is 0.0127 e. The summed E-state index contributed by atoms with van der Waals surface area (Å²) < 4.78 is 0. The van der Waals surface area contributed by atoms with Gasteiger partial charge in [-0.25, -0.2) is 0 Å². The van der Waals surface area contributed by atoms with Gasteiger partial charge in [-0.3, -0.25) is 0 Å². The molecule has 0 aliphatic carbocycles. The van der Waals surface area contributed by atoms with E-state index >= 15 is 0 Å². The topological polar surface area (TPSA) is 0 Å². The monoisotopic (exact) mass is 254 g/mol. The van der Waals surface area contributed by atoms with Crippen molar-refractivity contribution >= 4 is 5.57 Å². The number of hydrogen-bond acceptors (Lipinski definition) is 0. The Morgan fingerprint density at radius 2 is 1.79 bits per heavy atom. The molecule has 2 atom stereocenters. The molecule has 1 aromatic rings. The van der Waals surface area contributed by atoms with Crippen molar-refractivity contribution in [3.63, 3.8) is 0 Å². The molecular formula is C19H26. The van der Waals surface area contributed by atoms with Crippen molar-refractivity contribution in [2.24, 2.45) is 11.8 Å². The number of hydrogen-bond donors (Lipinski definition) is 0. The Hall–Kier alpha value is -1.56. The molecule has 102 valence electrons. The Labute approximate surface area is 118 Å². The molecule has 19 heavy (non-hydrogen) atoms. The van der Waals surface area contributed by atoms with Crippen LogP contribution in [0, 0.1) is 18.8 Å². The van der Waals surface area contributed by atoms with Crippen LogP contribution in [-0.4, -0.2) is 0 Å². The minimum absolute atomic E-state index is 0.447. The predicted octanol–water partition coefficient (Wildman–Crippen LogP) is 5.80. The minimum Gasteiger partial charge on any atom is -0.0949 e. The zero-order valence-corrected chi connectivity index (χ0v) is 12.9. The van der Waals surface area contributed by atoms with Crippen molar-refractivity contribution in [3.05, 3.63) is 65.8 Å². The van der Waals surface area contributed by atoms with Crippen LogP contribution in [0.25, 0.3) is 5.57 Å². The van der Waals surface area contributed by atoms with Gasteiger partial charge >= 0.3 is 0 Å². The highest BCUT2D eigenvalue weighted by molar-refractivity contribution is 5.68. The third-order valence-electron chi connectivity index (χ3n) is 4.06. The Balaban J connectivity index is 2.92. The highest BCUT2D eigenvalue weighted by Gasteiger charge is 2.18. The second kappa shape index (κ2) is 7.13. The van der Waals surface area contributed by atoms with Gasteiger partial charge in [-0.1, -0.05) is 68.5 Å². The average molecular weight is 254 g/mol. The molecule has 0 fully saturated rings.